The summed E-state index contributed by atoms with van der Waals surface area (Å²) in [4.78, 5) is 11.0. The highest BCUT2D eigenvalue weighted by molar-refractivity contribution is 5.77. The van der Waals surface area contributed by atoms with Gasteiger partial charge in [-0.15, -0.1) is 0 Å². The van der Waals surface area contributed by atoms with E-state index in [4.69, 9.17) is 9.47 Å². The largest absolute Gasteiger partial charge is 0.381 e. The molecule has 0 amide bonds. The monoisotopic (exact) mass is 214 g/mol. The molecule has 1 aliphatic rings. The summed E-state index contributed by atoms with van der Waals surface area (Å²) in [6, 6.07) is 0. The maximum absolute atomic E-state index is 11.0. The number of hydrogen-bond donors (Lipinski definition) is 0. The zero-order valence-corrected chi connectivity index (χ0v) is 9.67. The molecule has 0 aromatic carbocycles. The van der Waals surface area contributed by atoms with E-state index in [0.29, 0.717) is 24.5 Å². The fourth-order valence-electron chi connectivity index (χ4n) is 1.71. The van der Waals surface area contributed by atoms with Crippen LogP contribution in [0, 0.1) is 5.92 Å². The van der Waals surface area contributed by atoms with Gasteiger partial charge in [-0.05, 0) is 25.2 Å². The first kappa shape index (κ1) is 12.7. The molecule has 3 heteroatoms. The van der Waals surface area contributed by atoms with Crippen LogP contribution in [0.25, 0.3) is 0 Å². The van der Waals surface area contributed by atoms with Crippen LogP contribution in [0.4, 0.5) is 0 Å². The van der Waals surface area contributed by atoms with Crippen molar-refractivity contribution < 1.29 is 14.3 Å². The predicted octanol–water partition coefficient (Wildman–Crippen LogP) is 2.19. The van der Waals surface area contributed by atoms with E-state index in [1.165, 1.54) is 0 Å². The number of hydrogen-bond acceptors (Lipinski definition) is 3. The third kappa shape index (κ3) is 5.90. The van der Waals surface area contributed by atoms with Crippen LogP contribution in [-0.2, 0) is 14.3 Å². The molecule has 0 spiro atoms. The second-order valence-corrected chi connectivity index (χ2v) is 4.13. The summed E-state index contributed by atoms with van der Waals surface area (Å²) in [5, 5.41) is 0. The molecule has 1 saturated heterocycles. The van der Waals surface area contributed by atoms with Gasteiger partial charge in [0.2, 0.25) is 0 Å². The maximum Gasteiger partial charge on any atom is 0.132 e. The Labute approximate surface area is 92.1 Å². The fourth-order valence-corrected chi connectivity index (χ4v) is 1.71. The van der Waals surface area contributed by atoms with E-state index in [-0.39, 0.29) is 0 Å². The normalized spacial score (nSPS) is 17.9. The van der Waals surface area contributed by atoms with Gasteiger partial charge in [-0.1, -0.05) is 6.92 Å². The van der Waals surface area contributed by atoms with Gasteiger partial charge in [-0.25, -0.2) is 0 Å². The van der Waals surface area contributed by atoms with Gasteiger partial charge >= 0.3 is 0 Å². The van der Waals surface area contributed by atoms with Gasteiger partial charge in [-0.3, -0.25) is 4.79 Å². The Balaban J connectivity index is 1.89. The Morgan fingerprint density at radius 2 is 2.13 bits per heavy atom. The molecule has 0 aromatic heterocycles. The molecule has 0 bridgehead atoms. The van der Waals surface area contributed by atoms with Crippen molar-refractivity contribution in [1.82, 2.24) is 0 Å². The van der Waals surface area contributed by atoms with Crippen molar-refractivity contribution in [1.29, 1.82) is 0 Å². The molecule has 0 unspecified atom stereocenters. The van der Waals surface area contributed by atoms with Crippen LogP contribution in [0.1, 0.15) is 39.0 Å². The summed E-state index contributed by atoms with van der Waals surface area (Å²) < 4.78 is 10.8. The van der Waals surface area contributed by atoms with Crippen LogP contribution < -0.4 is 0 Å². The van der Waals surface area contributed by atoms with E-state index >= 15 is 0 Å². The van der Waals surface area contributed by atoms with E-state index < -0.39 is 0 Å². The molecule has 0 atom stereocenters. The van der Waals surface area contributed by atoms with Crippen LogP contribution >= 0.6 is 0 Å². The molecule has 0 saturated carbocycles. The quantitative estimate of drug-likeness (QED) is 0.609. The van der Waals surface area contributed by atoms with E-state index in [9.17, 15) is 4.79 Å². The molecule has 1 fully saturated rings. The van der Waals surface area contributed by atoms with Gasteiger partial charge in [0.15, 0.2) is 0 Å². The summed E-state index contributed by atoms with van der Waals surface area (Å²) in [7, 11) is 0. The topological polar surface area (TPSA) is 35.5 Å². The van der Waals surface area contributed by atoms with Crippen LogP contribution in [0.5, 0.6) is 0 Å². The summed E-state index contributed by atoms with van der Waals surface area (Å²) in [5.74, 6) is 1.00. The molecule has 0 aliphatic carbocycles. The van der Waals surface area contributed by atoms with Gasteiger partial charge in [0.1, 0.15) is 5.78 Å². The molecule has 88 valence electrons. The van der Waals surface area contributed by atoms with Crippen LogP contribution in [0.3, 0.4) is 0 Å². The Bertz CT molecular complexity index is 174. The van der Waals surface area contributed by atoms with Crippen molar-refractivity contribution in [2.24, 2.45) is 5.92 Å². The van der Waals surface area contributed by atoms with E-state index in [0.717, 1.165) is 45.7 Å². The Morgan fingerprint density at radius 3 is 2.80 bits per heavy atom. The first-order chi connectivity index (χ1) is 7.33. The molecular formula is C12H22O3. The smallest absolute Gasteiger partial charge is 0.132 e. The van der Waals surface area contributed by atoms with E-state index in [1.54, 1.807) is 0 Å². The van der Waals surface area contributed by atoms with Crippen molar-refractivity contribution in [2.75, 3.05) is 26.4 Å². The van der Waals surface area contributed by atoms with Crippen molar-refractivity contribution in [3.63, 3.8) is 0 Å². The van der Waals surface area contributed by atoms with E-state index in [2.05, 4.69) is 0 Å². The highest BCUT2D eigenvalue weighted by atomic mass is 16.5. The number of ether oxygens (including phenoxy) is 2. The van der Waals surface area contributed by atoms with Gasteiger partial charge in [0, 0.05) is 39.3 Å². The van der Waals surface area contributed by atoms with Gasteiger partial charge < -0.3 is 9.47 Å². The van der Waals surface area contributed by atoms with Crippen molar-refractivity contribution in [3.05, 3.63) is 0 Å². The van der Waals surface area contributed by atoms with Crippen molar-refractivity contribution in [2.45, 2.75) is 39.0 Å². The van der Waals surface area contributed by atoms with Gasteiger partial charge in [0.25, 0.3) is 0 Å². The number of carbonyl (C=O) groups excluding carboxylic acids is 1. The first-order valence-corrected chi connectivity index (χ1v) is 6.00. The highest BCUT2D eigenvalue weighted by Crippen LogP contribution is 2.14. The van der Waals surface area contributed by atoms with Gasteiger partial charge in [0.05, 0.1) is 0 Å². The van der Waals surface area contributed by atoms with Crippen LogP contribution in [-0.4, -0.2) is 32.2 Å². The second-order valence-electron chi connectivity index (χ2n) is 4.13. The third-order valence-corrected chi connectivity index (χ3v) is 2.83. The summed E-state index contributed by atoms with van der Waals surface area (Å²) in [6.45, 7) is 5.22. The molecule has 1 aliphatic heterocycles. The molecular weight excluding hydrogens is 192 g/mol. The fraction of sp³-hybridized carbons (Fsp3) is 0.917. The minimum Gasteiger partial charge on any atom is -0.381 e. The standard InChI is InChI=1S/C12H22O3/c1-2-12(13)4-3-7-15-10-11-5-8-14-9-6-11/h11H,2-10H2,1H3. The zero-order valence-electron chi connectivity index (χ0n) is 9.67. The third-order valence-electron chi connectivity index (χ3n) is 2.83. The van der Waals surface area contributed by atoms with Crippen LogP contribution in [0.15, 0.2) is 0 Å². The number of ketones is 1. The summed E-state index contributed by atoms with van der Waals surface area (Å²) in [6.07, 6.45) is 4.43. The van der Waals surface area contributed by atoms with Crippen LogP contribution in [0.2, 0.25) is 0 Å². The molecule has 1 rings (SSSR count). The maximum atomic E-state index is 11.0. The molecule has 0 radical (unpaired) electrons. The number of carbonyl (C=O) groups is 1. The number of rotatable bonds is 7. The Morgan fingerprint density at radius 1 is 1.40 bits per heavy atom. The molecule has 0 N–H and O–H groups in total. The van der Waals surface area contributed by atoms with Gasteiger partial charge in [-0.2, -0.15) is 0 Å². The number of Topliss-reactive ketones (excluding diaryl/α,β-unsaturated/α-hetero) is 1. The Kier molecular flexibility index (Phi) is 6.60. The lowest BCUT2D eigenvalue weighted by Crippen LogP contribution is -2.20. The molecule has 3 nitrogen and oxygen atoms in total. The molecule has 15 heavy (non-hydrogen) atoms. The second kappa shape index (κ2) is 7.83. The SMILES string of the molecule is CCC(=O)CCCOCC1CCOCC1. The lowest BCUT2D eigenvalue weighted by atomic mass is 10.0. The predicted molar refractivity (Wildman–Crippen MR) is 58.9 cm³/mol. The molecule has 1 heterocycles. The summed E-state index contributed by atoms with van der Waals surface area (Å²) >= 11 is 0. The summed E-state index contributed by atoms with van der Waals surface area (Å²) in [5.41, 5.74) is 0. The molecule has 0 aromatic rings. The minimum atomic E-state index is 0.338. The first-order valence-electron chi connectivity index (χ1n) is 6.00. The Hall–Kier alpha value is -0.410. The lowest BCUT2D eigenvalue weighted by molar-refractivity contribution is -0.119. The lowest BCUT2D eigenvalue weighted by Gasteiger charge is -2.21. The average molecular weight is 214 g/mol. The zero-order chi connectivity index (χ0) is 10.9. The minimum absolute atomic E-state index is 0.338. The van der Waals surface area contributed by atoms with Crippen molar-refractivity contribution >= 4 is 5.78 Å². The average Bonchev–Trinajstić information content (AvgIpc) is 2.29. The van der Waals surface area contributed by atoms with Crippen molar-refractivity contribution in [3.8, 4) is 0 Å². The van der Waals surface area contributed by atoms with E-state index in [1.807, 2.05) is 6.92 Å². The highest BCUT2D eigenvalue weighted by Gasteiger charge is 2.13.